The lowest BCUT2D eigenvalue weighted by Gasteiger charge is -2.55. The topological polar surface area (TPSA) is 66.9 Å². The van der Waals surface area contributed by atoms with Crippen LogP contribution >= 0.6 is 0 Å². The number of nitrogens with zero attached hydrogens (tertiary/aromatic N) is 2. The first-order valence-corrected chi connectivity index (χ1v) is 12.3. The fourth-order valence-corrected chi connectivity index (χ4v) is 5.05. The Morgan fingerprint density at radius 3 is 1.94 bits per heavy atom. The molecule has 2 aromatic rings. The summed E-state index contributed by atoms with van der Waals surface area (Å²) in [6.07, 6.45) is 2.87. The summed E-state index contributed by atoms with van der Waals surface area (Å²) in [5.74, 6) is -1.09. The molecule has 2 aliphatic rings. The highest BCUT2D eigenvalue weighted by Gasteiger charge is 2.55. The summed E-state index contributed by atoms with van der Waals surface area (Å²) >= 11 is 0. The minimum absolute atomic E-state index is 0.000933. The van der Waals surface area contributed by atoms with Gasteiger partial charge >= 0.3 is 5.97 Å². The number of carbonyl (C=O) groups excluding carboxylic acids is 3. The molecule has 1 unspecified atom stereocenters. The van der Waals surface area contributed by atoms with Crippen molar-refractivity contribution in [2.45, 2.75) is 64.6 Å². The summed E-state index contributed by atoms with van der Waals surface area (Å²) in [4.78, 5) is 42.5. The average Bonchev–Trinajstić information content (AvgIpc) is 3.68. The Kier molecular flexibility index (Phi) is 7.05. The molecule has 6 heteroatoms. The van der Waals surface area contributed by atoms with E-state index in [0.29, 0.717) is 6.54 Å². The zero-order valence-electron chi connectivity index (χ0n) is 20.3. The summed E-state index contributed by atoms with van der Waals surface area (Å²) in [7, 11) is 0. The van der Waals surface area contributed by atoms with Gasteiger partial charge in [0.05, 0.1) is 5.92 Å². The summed E-state index contributed by atoms with van der Waals surface area (Å²) in [6, 6.07) is 19.5. The van der Waals surface area contributed by atoms with Gasteiger partial charge < -0.3 is 14.5 Å². The highest BCUT2D eigenvalue weighted by molar-refractivity contribution is 5.91. The molecule has 0 N–H and O–H groups in total. The van der Waals surface area contributed by atoms with Crippen LogP contribution in [-0.2, 0) is 19.1 Å². The molecule has 1 saturated heterocycles. The number of carbonyl (C=O) groups is 3. The number of hydrogen-bond acceptors (Lipinski definition) is 4. The summed E-state index contributed by atoms with van der Waals surface area (Å²) in [6.45, 7) is 6.05. The van der Waals surface area contributed by atoms with E-state index in [9.17, 15) is 14.4 Å². The van der Waals surface area contributed by atoms with Gasteiger partial charge in [-0.15, -0.1) is 0 Å². The molecule has 0 spiro atoms. The number of likely N-dealkylation sites (tertiary alicyclic amines) is 1. The molecule has 0 radical (unpaired) electrons. The van der Waals surface area contributed by atoms with Gasteiger partial charge in [0.25, 0.3) is 0 Å². The molecule has 4 rings (SSSR count). The predicted molar refractivity (Wildman–Crippen MR) is 130 cm³/mol. The van der Waals surface area contributed by atoms with Crippen LogP contribution in [0.25, 0.3) is 0 Å². The van der Waals surface area contributed by atoms with Crippen molar-refractivity contribution in [1.82, 2.24) is 9.80 Å². The van der Waals surface area contributed by atoms with E-state index in [-0.39, 0.29) is 29.8 Å². The van der Waals surface area contributed by atoms with E-state index in [1.54, 1.807) is 9.80 Å². The average molecular weight is 463 g/mol. The molecule has 34 heavy (non-hydrogen) atoms. The number of benzene rings is 2. The maximum absolute atomic E-state index is 14.0. The van der Waals surface area contributed by atoms with Crippen LogP contribution in [-0.4, -0.2) is 52.9 Å². The fraction of sp³-hybridized carbons (Fsp3) is 0.464. The Hall–Kier alpha value is -3.15. The van der Waals surface area contributed by atoms with Gasteiger partial charge in [0.2, 0.25) is 11.8 Å². The summed E-state index contributed by atoms with van der Waals surface area (Å²) in [5.41, 5.74) is 1.61. The maximum atomic E-state index is 14.0. The first kappa shape index (κ1) is 24.0. The SMILES string of the molecule is CCC1(CC)CN(C(=O)CN(C(=O)C(c2ccccc2)c2ccccc2)C2CC2)C1OC(C)=O. The molecule has 0 bridgehead atoms. The van der Waals surface area contributed by atoms with Crippen molar-refractivity contribution in [2.75, 3.05) is 13.1 Å². The molecule has 2 amide bonds. The van der Waals surface area contributed by atoms with Gasteiger partial charge in [-0.3, -0.25) is 14.4 Å². The first-order valence-electron chi connectivity index (χ1n) is 12.3. The minimum atomic E-state index is -0.567. The molecular formula is C28H34N2O4. The number of ether oxygens (including phenoxy) is 1. The van der Waals surface area contributed by atoms with E-state index in [1.807, 2.05) is 60.7 Å². The molecule has 1 heterocycles. The van der Waals surface area contributed by atoms with E-state index in [4.69, 9.17) is 4.74 Å². The van der Waals surface area contributed by atoms with E-state index < -0.39 is 18.1 Å². The first-order chi connectivity index (χ1) is 16.4. The Bertz CT molecular complexity index is 976. The molecule has 180 valence electrons. The lowest BCUT2D eigenvalue weighted by Crippen LogP contribution is -2.68. The second kappa shape index (κ2) is 10.00. The lowest BCUT2D eigenvalue weighted by molar-refractivity contribution is -0.222. The van der Waals surface area contributed by atoms with Crippen molar-refractivity contribution in [3.8, 4) is 0 Å². The molecule has 2 fully saturated rings. The van der Waals surface area contributed by atoms with Gasteiger partial charge in [-0.2, -0.15) is 0 Å². The van der Waals surface area contributed by atoms with Crippen molar-refractivity contribution >= 4 is 17.8 Å². The highest BCUT2D eigenvalue weighted by Crippen LogP contribution is 2.45. The largest absolute Gasteiger partial charge is 0.441 e. The van der Waals surface area contributed by atoms with Crippen molar-refractivity contribution in [3.63, 3.8) is 0 Å². The number of rotatable bonds is 9. The Labute approximate surface area is 201 Å². The molecule has 1 atom stereocenters. The quantitative estimate of drug-likeness (QED) is 0.520. The van der Waals surface area contributed by atoms with Crippen molar-refractivity contribution in [3.05, 3.63) is 71.8 Å². The second-order valence-corrected chi connectivity index (χ2v) is 9.50. The third-order valence-electron chi connectivity index (χ3n) is 7.39. The van der Waals surface area contributed by atoms with Gasteiger partial charge in [-0.1, -0.05) is 74.5 Å². The zero-order chi connectivity index (χ0) is 24.3. The molecule has 2 aromatic carbocycles. The molecule has 0 aromatic heterocycles. The van der Waals surface area contributed by atoms with Crippen LogP contribution in [0.5, 0.6) is 0 Å². The van der Waals surface area contributed by atoms with Crippen LogP contribution in [0.2, 0.25) is 0 Å². The standard InChI is InChI=1S/C28H34N2O4/c1-4-28(5-2)19-30(27(28)34-20(3)31)24(32)18-29(23-16-17-23)26(33)25(21-12-8-6-9-13-21)22-14-10-7-11-15-22/h6-15,23,25,27H,4-5,16-19H2,1-3H3. The molecular weight excluding hydrogens is 428 g/mol. The van der Waals surface area contributed by atoms with Crippen LogP contribution in [0.1, 0.15) is 63.5 Å². The van der Waals surface area contributed by atoms with Crippen molar-refractivity contribution < 1.29 is 19.1 Å². The van der Waals surface area contributed by atoms with E-state index in [2.05, 4.69) is 13.8 Å². The maximum Gasteiger partial charge on any atom is 0.304 e. The molecule has 1 aliphatic heterocycles. The van der Waals surface area contributed by atoms with E-state index >= 15 is 0 Å². The Morgan fingerprint density at radius 2 is 1.50 bits per heavy atom. The predicted octanol–water partition coefficient (Wildman–Crippen LogP) is 4.35. The normalized spacial score (nSPS) is 18.8. The van der Waals surface area contributed by atoms with Crippen LogP contribution in [0.15, 0.2) is 60.7 Å². The van der Waals surface area contributed by atoms with Gasteiger partial charge in [-0.05, 0) is 36.8 Å². The third kappa shape index (κ3) is 4.72. The number of hydrogen-bond donors (Lipinski definition) is 0. The molecule has 1 saturated carbocycles. The van der Waals surface area contributed by atoms with Crippen molar-refractivity contribution in [2.24, 2.45) is 5.41 Å². The van der Waals surface area contributed by atoms with Gasteiger partial charge in [0, 0.05) is 24.9 Å². The lowest BCUT2D eigenvalue weighted by atomic mass is 9.72. The van der Waals surface area contributed by atoms with E-state index in [0.717, 1.165) is 36.8 Å². The summed E-state index contributed by atoms with van der Waals surface area (Å²) < 4.78 is 5.58. The monoisotopic (exact) mass is 462 g/mol. The smallest absolute Gasteiger partial charge is 0.304 e. The number of esters is 1. The second-order valence-electron chi connectivity index (χ2n) is 9.50. The van der Waals surface area contributed by atoms with Gasteiger partial charge in [0.1, 0.15) is 6.54 Å². The summed E-state index contributed by atoms with van der Waals surface area (Å²) in [5, 5.41) is 0. The van der Waals surface area contributed by atoms with E-state index in [1.165, 1.54) is 6.92 Å². The van der Waals surface area contributed by atoms with Crippen LogP contribution < -0.4 is 0 Å². The highest BCUT2D eigenvalue weighted by atomic mass is 16.6. The fourth-order valence-electron chi connectivity index (χ4n) is 5.05. The number of amides is 2. The molecule has 1 aliphatic carbocycles. The van der Waals surface area contributed by atoms with Crippen LogP contribution in [0.3, 0.4) is 0 Å². The molecule has 6 nitrogen and oxygen atoms in total. The zero-order valence-corrected chi connectivity index (χ0v) is 20.3. The Morgan fingerprint density at radius 1 is 0.971 bits per heavy atom. The minimum Gasteiger partial charge on any atom is -0.441 e. The van der Waals surface area contributed by atoms with Gasteiger partial charge in [0.15, 0.2) is 6.23 Å². The van der Waals surface area contributed by atoms with Gasteiger partial charge in [-0.25, -0.2) is 0 Å². The van der Waals surface area contributed by atoms with Crippen LogP contribution in [0.4, 0.5) is 0 Å². The van der Waals surface area contributed by atoms with Crippen LogP contribution in [0, 0.1) is 5.41 Å². The van der Waals surface area contributed by atoms with Crippen molar-refractivity contribution in [1.29, 1.82) is 0 Å². The third-order valence-corrected chi connectivity index (χ3v) is 7.39. The Balaban J connectivity index is 1.57.